The summed E-state index contributed by atoms with van der Waals surface area (Å²) in [7, 11) is -3.21. The van der Waals surface area contributed by atoms with E-state index in [2.05, 4.69) is 0 Å². The molecule has 0 saturated carbocycles. The first-order chi connectivity index (χ1) is 7.10. The molecule has 0 atom stereocenters. The monoisotopic (exact) mass is 228 g/mol. The maximum absolute atomic E-state index is 11.7. The molecule has 3 nitrogen and oxygen atoms in total. The van der Waals surface area contributed by atoms with E-state index in [0.717, 1.165) is 12.0 Å². The predicted molar refractivity (Wildman–Crippen MR) is 59.6 cm³/mol. The molecule has 0 radical (unpaired) electrons. The van der Waals surface area contributed by atoms with Crippen LogP contribution in [-0.4, -0.2) is 25.9 Å². The Balaban J connectivity index is 2.86. The Labute approximate surface area is 90.7 Å². The highest BCUT2D eigenvalue weighted by atomic mass is 32.2. The highest BCUT2D eigenvalue weighted by Crippen LogP contribution is 2.13. The quantitative estimate of drug-likeness (QED) is 0.829. The molecule has 15 heavy (non-hydrogen) atoms. The Morgan fingerprint density at radius 3 is 2.27 bits per heavy atom. The Hall–Kier alpha value is -0.870. The molecule has 0 saturated heterocycles. The maximum Gasteiger partial charge on any atom is 0.178 e. The van der Waals surface area contributed by atoms with Crippen molar-refractivity contribution in [2.75, 3.05) is 12.4 Å². The lowest BCUT2D eigenvalue weighted by Crippen LogP contribution is -2.08. The summed E-state index contributed by atoms with van der Waals surface area (Å²) in [5.41, 5.74) is 1.12. The third-order valence-electron chi connectivity index (χ3n) is 2.26. The number of benzene rings is 1. The molecule has 0 heterocycles. The average Bonchev–Trinajstić information content (AvgIpc) is 2.26. The summed E-state index contributed by atoms with van der Waals surface area (Å²) in [6.45, 7) is 1.93. The van der Waals surface area contributed by atoms with Gasteiger partial charge in [-0.15, -0.1) is 0 Å². The van der Waals surface area contributed by atoms with E-state index in [1.54, 1.807) is 12.1 Å². The first-order valence-electron chi connectivity index (χ1n) is 5.02. The van der Waals surface area contributed by atoms with Crippen molar-refractivity contribution in [2.45, 2.75) is 24.7 Å². The lowest BCUT2D eigenvalue weighted by Gasteiger charge is -2.04. The molecule has 4 heteroatoms. The molecule has 1 aromatic carbocycles. The summed E-state index contributed by atoms with van der Waals surface area (Å²) < 4.78 is 23.4. The number of rotatable bonds is 5. The summed E-state index contributed by atoms with van der Waals surface area (Å²) >= 11 is 0. The lowest BCUT2D eigenvalue weighted by atomic mass is 10.2. The molecule has 84 valence electrons. The van der Waals surface area contributed by atoms with Gasteiger partial charge in [0.15, 0.2) is 9.84 Å². The van der Waals surface area contributed by atoms with Gasteiger partial charge in [-0.1, -0.05) is 19.1 Å². The number of aliphatic hydroxyl groups is 1. The molecular weight excluding hydrogens is 212 g/mol. The molecule has 1 aromatic rings. The first kappa shape index (κ1) is 12.2. The molecule has 1 N–H and O–H groups in total. The standard InChI is InChI=1S/C11H16O3S/c1-2-10-4-6-11(7-5-10)15(13,14)9-3-8-12/h4-7,12H,2-3,8-9H2,1H3. The molecule has 0 aromatic heterocycles. The van der Waals surface area contributed by atoms with Crippen molar-refractivity contribution in [3.05, 3.63) is 29.8 Å². The fourth-order valence-electron chi connectivity index (χ4n) is 1.30. The zero-order chi connectivity index (χ0) is 11.3. The van der Waals surface area contributed by atoms with Crippen molar-refractivity contribution in [2.24, 2.45) is 0 Å². The molecule has 0 fully saturated rings. The highest BCUT2D eigenvalue weighted by Gasteiger charge is 2.12. The molecular formula is C11H16O3S. The van der Waals surface area contributed by atoms with Crippen molar-refractivity contribution in [3.8, 4) is 0 Å². The molecule has 0 amide bonds. The Kier molecular flexibility index (Phi) is 4.29. The number of aryl methyl sites for hydroxylation is 1. The van der Waals surface area contributed by atoms with Gasteiger partial charge in [0.1, 0.15) is 0 Å². The van der Waals surface area contributed by atoms with Gasteiger partial charge in [-0.05, 0) is 30.5 Å². The second-order valence-electron chi connectivity index (χ2n) is 3.39. The van der Waals surface area contributed by atoms with E-state index < -0.39 is 9.84 Å². The van der Waals surface area contributed by atoms with Gasteiger partial charge in [-0.3, -0.25) is 0 Å². The second-order valence-corrected chi connectivity index (χ2v) is 5.50. The minimum atomic E-state index is -3.21. The van der Waals surface area contributed by atoms with Crippen LogP contribution in [0.15, 0.2) is 29.2 Å². The fraction of sp³-hybridized carbons (Fsp3) is 0.455. The second kappa shape index (κ2) is 5.28. The molecule has 0 aliphatic rings. The lowest BCUT2D eigenvalue weighted by molar-refractivity contribution is 0.295. The van der Waals surface area contributed by atoms with E-state index in [0.29, 0.717) is 4.90 Å². The Morgan fingerprint density at radius 1 is 1.20 bits per heavy atom. The number of aliphatic hydroxyl groups excluding tert-OH is 1. The summed E-state index contributed by atoms with van der Waals surface area (Å²) in [5.74, 6) is 0.00890. The van der Waals surface area contributed by atoms with E-state index >= 15 is 0 Å². The number of hydrogen-bond donors (Lipinski definition) is 1. The third kappa shape index (κ3) is 3.32. The van der Waals surface area contributed by atoms with E-state index in [4.69, 9.17) is 5.11 Å². The van der Waals surface area contributed by atoms with Crippen LogP contribution in [0, 0.1) is 0 Å². The van der Waals surface area contributed by atoms with E-state index in [-0.39, 0.29) is 18.8 Å². The van der Waals surface area contributed by atoms with Crippen molar-refractivity contribution in [3.63, 3.8) is 0 Å². The number of sulfone groups is 1. The van der Waals surface area contributed by atoms with Crippen LogP contribution in [0.25, 0.3) is 0 Å². The van der Waals surface area contributed by atoms with Crippen LogP contribution in [0.5, 0.6) is 0 Å². The van der Waals surface area contributed by atoms with Crippen molar-refractivity contribution < 1.29 is 13.5 Å². The molecule has 0 spiro atoms. The van der Waals surface area contributed by atoms with E-state index in [9.17, 15) is 8.42 Å². The maximum atomic E-state index is 11.7. The van der Waals surface area contributed by atoms with Crippen LogP contribution < -0.4 is 0 Å². The number of hydrogen-bond acceptors (Lipinski definition) is 3. The van der Waals surface area contributed by atoms with Crippen LogP contribution >= 0.6 is 0 Å². The third-order valence-corrected chi connectivity index (χ3v) is 4.08. The molecule has 1 rings (SSSR count). The van der Waals surface area contributed by atoms with Gasteiger partial charge >= 0.3 is 0 Å². The Morgan fingerprint density at radius 2 is 1.80 bits per heavy atom. The van der Waals surface area contributed by atoms with Crippen molar-refractivity contribution in [1.82, 2.24) is 0 Å². The van der Waals surface area contributed by atoms with Gasteiger partial charge in [0.2, 0.25) is 0 Å². The minimum Gasteiger partial charge on any atom is -0.396 e. The fourth-order valence-corrected chi connectivity index (χ4v) is 2.60. The highest BCUT2D eigenvalue weighted by molar-refractivity contribution is 7.91. The minimum absolute atomic E-state index is 0.00890. The molecule has 0 bridgehead atoms. The predicted octanol–water partition coefficient (Wildman–Crippen LogP) is 1.41. The van der Waals surface area contributed by atoms with E-state index in [1.807, 2.05) is 19.1 Å². The Bertz CT molecular complexity index is 392. The van der Waals surface area contributed by atoms with Crippen LogP contribution in [-0.2, 0) is 16.3 Å². The summed E-state index contributed by atoms with van der Waals surface area (Å²) in [4.78, 5) is 0.341. The topological polar surface area (TPSA) is 54.4 Å². The van der Waals surface area contributed by atoms with Crippen LogP contribution in [0.4, 0.5) is 0 Å². The van der Waals surface area contributed by atoms with E-state index in [1.165, 1.54) is 0 Å². The van der Waals surface area contributed by atoms with Crippen LogP contribution in [0.2, 0.25) is 0 Å². The van der Waals surface area contributed by atoms with Gasteiger partial charge in [-0.2, -0.15) is 0 Å². The molecule has 0 aliphatic heterocycles. The SMILES string of the molecule is CCc1ccc(S(=O)(=O)CCCO)cc1. The van der Waals surface area contributed by atoms with Crippen LogP contribution in [0.1, 0.15) is 18.9 Å². The largest absolute Gasteiger partial charge is 0.396 e. The smallest absolute Gasteiger partial charge is 0.178 e. The van der Waals surface area contributed by atoms with Gasteiger partial charge in [-0.25, -0.2) is 8.42 Å². The molecule has 0 unspecified atom stereocenters. The zero-order valence-corrected chi connectivity index (χ0v) is 9.63. The van der Waals surface area contributed by atoms with Crippen molar-refractivity contribution in [1.29, 1.82) is 0 Å². The normalized spacial score (nSPS) is 11.6. The summed E-state index contributed by atoms with van der Waals surface area (Å²) in [6.07, 6.45) is 1.19. The van der Waals surface area contributed by atoms with Gasteiger partial charge in [0, 0.05) is 6.61 Å². The van der Waals surface area contributed by atoms with Gasteiger partial charge in [0.05, 0.1) is 10.6 Å². The molecule has 0 aliphatic carbocycles. The first-order valence-corrected chi connectivity index (χ1v) is 6.68. The zero-order valence-electron chi connectivity index (χ0n) is 8.81. The van der Waals surface area contributed by atoms with Gasteiger partial charge in [0.25, 0.3) is 0 Å². The summed E-state index contributed by atoms with van der Waals surface area (Å²) in [5, 5.41) is 8.59. The average molecular weight is 228 g/mol. The van der Waals surface area contributed by atoms with Crippen molar-refractivity contribution >= 4 is 9.84 Å². The van der Waals surface area contributed by atoms with Gasteiger partial charge < -0.3 is 5.11 Å². The van der Waals surface area contributed by atoms with Crippen LogP contribution in [0.3, 0.4) is 0 Å². The summed E-state index contributed by atoms with van der Waals surface area (Å²) in [6, 6.07) is 6.91.